The fourth-order valence-electron chi connectivity index (χ4n) is 3.84. The molecule has 0 spiro atoms. The Labute approximate surface area is 198 Å². The van der Waals surface area contributed by atoms with Gasteiger partial charge < -0.3 is 25.6 Å². The lowest BCUT2D eigenvalue weighted by Crippen LogP contribution is -2.53. The number of carbonyl (C=O) groups excluding carboxylic acids is 3. The molecule has 4 amide bonds. The van der Waals surface area contributed by atoms with Crippen LogP contribution in [0.15, 0.2) is 48.5 Å². The number of likely N-dealkylation sites (tertiary alicyclic amines) is 1. The molecule has 1 aliphatic heterocycles. The molecule has 2 aromatic rings. The minimum absolute atomic E-state index is 0.0818. The number of hydrogen-bond donors (Lipinski definition) is 3. The number of urea groups is 1. The second kappa shape index (κ2) is 11.6. The Bertz CT molecular complexity index is 992. The summed E-state index contributed by atoms with van der Waals surface area (Å²) in [6, 6.07) is 13.4. The Hall–Kier alpha value is -3.26. The van der Waals surface area contributed by atoms with Gasteiger partial charge in [-0.25, -0.2) is 4.79 Å². The summed E-state index contributed by atoms with van der Waals surface area (Å²) in [5.74, 6) is 0.134. The molecule has 3 N–H and O–H groups in total. The average molecular weight is 473 g/mol. The average Bonchev–Trinajstić information content (AvgIpc) is 2.79. The maximum absolute atomic E-state index is 13.0. The SMILES string of the molecule is COc1ccccc1CC(NC(C)=O)C(=O)NC1CCN(C(=O)Nc2cccc(Cl)c2)CC1. The van der Waals surface area contributed by atoms with Crippen LogP contribution in [0.4, 0.5) is 10.5 Å². The van der Waals surface area contributed by atoms with Gasteiger partial charge in [0.15, 0.2) is 0 Å². The lowest BCUT2D eigenvalue weighted by Gasteiger charge is -2.33. The molecule has 0 bridgehead atoms. The van der Waals surface area contributed by atoms with Crippen molar-refractivity contribution in [3.63, 3.8) is 0 Å². The van der Waals surface area contributed by atoms with Gasteiger partial charge in [-0.05, 0) is 42.7 Å². The fraction of sp³-hybridized carbons (Fsp3) is 0.375. The highest BCUT2D eigenvalue weighted by Gasteiger charge is 2.27. The summed E-state index contributed by atoms with van der Waals surface area (Å²) >= 11 is 5.97. The quantitative estimate of drug-likeness (QED) is 0.576. The molecular weight excluding hydrogens is 444 g/mol. The highest BCUT2D eigenvalue weighted by Crippen LogP contribution is 2.20. The number of benzene rings is 2. The van der Waals surface area contributed by atoms with E-state index in [1.165, 1.54) is 6.92 Å². The van der Waals surface area contributed by atoms with E-state index in [2.05, 4.69) is 16.0 Å². The van der Waals surface area contributed by atoms with Crippen molar-refractivity contribution in [1.82, 2.24) is 15.5 Å². The number of rotatable bonds is 7. The van der Waals surface area contributed by atoms with Crippen LogP contribution < -0.4 is 20.7 Å². The zero-order valence-corrected chi connectivity index (χ0v) is 19.5. The monoisotopic (exact) mass is 472 g/mol. The molecule has 1 fully saturated rings. The Morgan fingerprint density at radius 2 is 1.85 bits per heavy atom. The number of carbonyl (C=O) groups is 3. The van der Waals surface area contributed by atoms with Crippen LogP contribution in [-0.2, 0) is 16.0 Å². The number of para-hydroxylation sites is 1. The van der Waals surface area contributed by atoms with Gasteiger partial charge in [0.05, 0.1) is 7.11 Å². The summed E-state index contributed by atoms with van der Waals surface area (Å²) in [5.41, 5.74) is 1.47. The van der Waals surface area contributed by atoms with Crippen molar-refractivity contribution in [2.75, 3.05) is 25.5 Å². The molecule has 0 aliphatic carbocycles. The van der Waals surface area contributed by atoms with E-state index in [0.29, 0.717) is 48.8 Å². The Morgan fingerprint density at radius 3 is 2.52 bits per heavy atom. The summed E-state index contributed by atoms with van der Waals surface area (Å²) in [6.07, 6.45) is 1.56. The number of halogens is 1. The minimum atomic E-state index is -0.719. The molecule has 8 nitrogen and oxygen atoms in total. The maximum atomic E-state index is 13.0. The third kappa shape index (κ3) is 7.12. The van der Waals surface area contributed by atoms with Gasteiger partial charge in [-0.2, -0.15) is 0 Å². The van der Waals surface area contributed by atoms with Gasteiger partial charge in [0.25, 0.3) is 0 Å². The molecule has 0 aromatic heterocycles. The molecule has 176 valence electrons. The summed E-state index contributed by atoms with van der Waals surface area (Å²) in [4.78, 5) is 38.9. The predicted octanol–water partition coefficient (Wildman–Crippen LogP) is 3.21. The molecule has 0 radical (unpaired) electrons. The molecular formula is C24H29ClN4O4. The van der Waals surface area contributed by atoms with E-state index < -0.39 is 6.04 Å². The van der Waals surface area contributed by atoms with Crippen molar-refractivity contribution in [2.45, 2.75) is 38.3 Å². The number of anilines is 1. The number of nitrogens with one attached hydrogen (secondary N) is 3. The Balaban J connectivity index is 1.54. The van der Waals surface area contributed by atoms with Crippen LogP contribution in [-0.4, -0.2) is 55.0 Å². The van der Waals surface area contributed by atoms with Gasteiger partial charge in [-0.3, -0.25) is 9.59 Å². The van der Waals surface area contributed by atoms with Crippen molar-refractivity contribution in [3.8, 4) is 5.75 Å². The lowest BCUT2D eigenvalue weighted by atomic mass is 10.0. The number of piperidine rings is 1. The first-order valence-electron chi connectivity index (χ1n) is 10.9. The van der Waals surface area contributed by atoms with Crippen molar-refractivity contribution in [2.24, 2.45) is 0 Å². The van der Waals surface area contributed by atoms with Crippen LogP contribution in [0.5, 0.6) is 5.75 Å². The molecule has 1 heterocycles. The Morgan fingerprint density at radius 1 is 1.12 bits per heavy atom. The lowest BCUT2D eigenvalue weighted by molar-refractivity contribution is -0.128. The van der Waals surface area contributed by atoms with Gasteiger partial charge in [0.1, 0.15) is 11.8 Å². The van der Waals surface area contributed by atoms with Crippen LogP contribution in [0.1, 0.15) is 25.3 Å². The van der Waals surface area contributed by atoms with Gasteiger partial charge in [-0.15, -0.1) is 0 Å². The highest BCUT2D eigenvalue weighted by atomic mass is 35.5. The van der Waals surface area contributed by atoms with Crippen molar-refractivity contribution in [3.05, 3.63) is 59.1 Å². The van der Waals surface area contributed by atoms with Crippen molar-refractivity contribution < 1.29 is 19.1 Å². The van der Waals surface area contributed by atoms with E-state index in [1.807, 2.05) is 24.3 Å². The van der Waals surface area contributed by atoms with Gasteiger partial charge >= 0.3 is 6.03 Å². The standard InChI is InChI=1S/C24H29ClN4O4/c1-16(30)26-21(14-17-6-3-4-9-22(17)33-2)23(31)27-19-10-12-29(13-11-19)24(32)28-20-8-5-7-18(25)15-20/h3-9,15,19,21H,10-14H2,1-2H3,(H,26,30)(H,27,31)(H,28,32). The van der Waals surface area contributed by atoms with E-state index >= 15 is 0 Å². The number of ether oxygens (including phenoxy) is 1. The third-order valence-corrected chi connectivity index (χ3v) is 5.75. The van der Waals surface area contributed by atoms with E-state index in [9.17, 15) is 14.4 Å². The molecule has 0 saturated carbocycles. The van der Waals surface area contributed by atoms with Crippen LogP contribution in [0.25, 0.3) is 0 Å². The maximum Gasteiger partial charge on any atom is 0.321 e. The molecule has 2 aromatic carbocycles. The smallest absolute Gasteiger partial charge is 0.321 e. The van der Waals surface area contributed by atoms with Crippen molar-refractivity contribution in [1.29, 1.82) is 0 Å². The molecule has 33 heavy (non-hydrogen) atoms. The molecule has 1 unspecified atom stereocenters. The summed E-state index contributed by atoms with van der Waals surface area (Å²) in [5, 5.41) is 9.16. The highest BCUT2D eigenvalue weighted by molar-refractivity contribution is 6.30. The van der Waals surface area contributed by atoms with Crippen LogP contribution in [0.2, 0.25) is 5.02 Å². The molecule has 1 atom stereocenters. The van der Waals surface area contributed by atoms with Gasteiger partial charge in [0, 0.05) is 43.2 Å². The summed E-state index contributed by atoms with van der Waals surface area (Å²) in [7, 11) is 1.57. The molecule has 1 saturated heterocycles. The van der Waals surface area contributed by atoms with Gasteiger partial charge in [0.2, 0.25) is 11.8 Å². The zero-order valence-electron chi connectivity index (χ0n) is 18.8. The molecule has 9 heteroatoms. The first-order valence-corrected chi connectivity index (χ1v) is 11.2. The number of hydrogen-bond acceptors (Lipinski definition) is 4. The largest absolute Gasteiger partial charge is 0.496 e. The van der Waals surface area contributed by atoms with Crippen LogP contribution in [0.3, 0.4) is 0 Å². The molecule has 3 rings (SSSR count). The number of methoxy groups -OCH3 is 1. The van der Waals surface area contributed by atoms with E-state index in [1.54, 1.807) is 36.3 Å². The first kappa shape index (κ1) is 24.4. The number of amides is 4. The van der Waals surface area contributed by atoms with E-state index in [0.717, 1.165) is 5.56 Å². The van der Waals surface area contributed by atoms with Crippen LogP contribution in [0, 0.1) is 0 Å². The van der Waals surface area contributed by atoms with Crippen LogP contribution >= 0.6 is 11.6 Å². The third-order valence-electron chi connectivity index (χ3n) is 5.51. The topological polar surface area (TPSA) is 99.8 Å². The van der Waals surface area contributed by atoms with E-state index in [4.69, 9.17) is 16.3 Å². The zero-order chi connectivity index (χ0) is 23.8. The first-order chi connectivity index (χ1) is 15.9. The second-order valence-electron chi connectivity index (χ2n) is 7.98. The second-order valence-corrected chi connectivity index (χ2v) is 8.42. The predicted molar refractivity (Wildman–Crippen MR) is 128 cm³/mol. The summed E-state index contributed by atoms with van der Waals surface area (Å²) in [6.45, 7) is 2.41. The number of nitrogens with zero attached hydrogens (tertiary/aromatic N) is 1. The Kier molecular flexibility index (Phi) is 8.54. The van der Waals surface area contributed by atoms with Crippen molar-refractivity contribution >= 4 is 35.1 Å². The normalized spacial score (nSPS) is 14.8. The minimum Gasteiger partial charge on any atom is -0.496 e. The van der Waals surface area contributed by atoms with Gasteiger partial charge in [-0.1, -0.05) is 35.9 Å². The molecule has 1 aliphatic rings. The summed E-state index contributed by atoms with van der Waals surface area (Å²) < 4.78 is 5.37. The van der Waals surface area contributed by atoms with E-state index in [-0.39, 0.29) is 23.9 Å². The fourth-order valence-corrected chi connectivity index (χ4v) is 4.03.